The summed E-state index contributed by atoms with van der Waals surface area (Å²) in [4.78, 5) is 13.4. The van der Waals surface area contributed by atoms with Gasteiger partial charge in [-0.2, -0.15) is 0 Å². The Morgan fingerprint density at radius 2 is 2.25 bits per heavy atom. The van der Waals surface area contributed by atoms with Gasteiger partial charge in [0.05, 0.1) is 11.5 Å². The highest BCUT2D eigenvalue weighted by atomic mass is 16.6. The van der Waals surface area contributed by atoms with Gasteiger partial charge in [-0.25, -0.2) is 0 Å². The van der Waals surface area contributed by atoms with Crippen LogP contribution in [0.3, 0.4) is 0 Å². The van der Waals surface area contributed by atoms with Crippen LogP contribution in [0.1, 0.15) is 12.0 Å². The van der Waals surface area contributed by atoms with Crippen molar-refractivity contribution in [2.45, 2.75) is 12.8 Å². The summed E-state index contributed by atoms with van der Waals surface area (Å²) in [6.07, 6.45) is 3.82. The van der Waals surface area contributed by atoms with E-state index in [1.807, 2.05) is 6.20 Å². The maximum absolute atomic E-state index is 10.7. The van der Waals surface area contributed by atoms with Crippen LogP contribution in [0.4, 0.5) is 5.69 Å². The van der Waals surface area contributed by atoms with Gasteiger partial charge in [-0.15, -0.1) is 0 Å². The normalized spacial score (nSPS) is 10.8. The lowest BCUT2D eigenvalue weighted by Crippen LogP contribution is -2.50. The van der Waals surface area contributed by atoms with E-state index in [2.05, 4.69) is 10.7 Å². The molecule has 4 N–H and O–H groups in total. The predicted octanol–water partition coefficient (Wildman–Crippen LogP) is 1.25. The quantitative estimate of drug-likeness (QED) is 0.600. The largest absolute Gasteiger partial charge is 0.361 e. The number of benzene rings is 1. The molecule has 16 heavy (non-hydrogen) atoms. The molecule has 5 heteroatoms. The summed E-state index contributed by atoms with van der Waals surface area (Å²) in [5.41, 5.74) is 6.01. The fourth-order valence-electron chi connectivity index (χ4n) is 1.80. The molecular weight excluding hydrogens is 206 g/mol. The molecular formula is C11H14N3O2+. The van der Waals surface area contributed by atoms with E-state index in [-0.39, 0.29) is 10.6 Å². The van der Waals surface area contributed by atoms with Crippen LogP contribution in [0, 0.1) is 10.1 Å². The van der Waals surface area contributed by atoms with Gasteiger partial charge in [0.1, 0.15) is 0 Å². The molecule has 2 rings (SSSR count). The van der Waals surface area contributed by atoms with E-state index in [1.54, 1.807) is 12.1 Å². The molecule has 0 spiro atoms. The molecule has 0 aliphatic rings. The smallest absolute Gasteiger partial charge is 0.270 e. The first-order chi connectivity index (χ1) is 7.72. The Morgan fingerprint density at radius 3 is 2.94 bits per heavy atom. The van der Waals surface area contributed by atoms with E-state index in [0.717, 1.165) is 35.9 Å². The molecule has 5 nitrogen and oxygen atoms in total. The number of nitrogens with zero attached hydrogens (tertiary/aromatic N) is 1. The van der Waals surface area contributed by atoms with Crippen molar-refractivity contribution >= 4 is 16.6 Å². The van der Waals surface area contributed by atoms with Crippen molar-refractivity contribution < 1.29 is 10.7 Å². The van der Waals surface area contributed by atoms with Gasteiger partial charge >= 0.3 is 0 Å². The van der Waals surface area contributed by atoms with Crippen molar-refractivity contribution in [2.24, 2.45) is 0 Å². The van der Waals surface area contributed by atoms with Gasteiger partial charge in [0.25, 0.3) is 5.69 Å². The molecule has 1 aromatic heterocycles. The van der Waals surface area contributed by atoms with Gasteiger partial charge in [-0.05, 0) is 18.1 Å². The highest BCUT2D eigenvalue weighted by Gasteiger charge is 2.09. The van der Waals surface area contributed by atoms with Crippen molar-refractivity contribution in [3.63, 3.8) is 0 Å². The number of nitro benzene ring substituents is 1. The number of aryl methyl sites for hydroxylation is 1. The lowest BCUT2D eigenvalue weighted by molar-refractivity contribution is -0.384. The number of hydrogen-bond donors (Lipinski definition) is 2. The number of hydrogen-bond acceptors (Lipinski definition) is 2. The number of quaternary nitrogens is 1. The zero-order valence-corrected chi connectivity index (χ0v) is 8.90. The predicted molar refractivity (Wildman–Crippen MR) is 61.0 cm³/mol. The van der Waals surface area contributed by atoms with E-state index in [9.17, 15) is 10.1 Å². The van der Waals surface area contributed by atoms with Crippen molar-refractivity contribution in [1.82, 2.24) is 4.98 Å². The summed E-state index contributed by atoms with van der Waals surface area (Å²) in [5.74, 6) is 0. The average molecular weight is 220 g/mol. The lowest BCUT2D eigenvalue weighted by atomic mass is 10.1. The zero-order chi connectivity index (χ0) is 11.5. The first-order valence-corrected chi connectivity index (χ1v) is 5.26. The number of aromatic amines is 1. The van der Waals surface area contributed by atoms with Crippen molar-refractivity contribution in [3.05, 3.63) is 40.1 Å². The number of fused-ring (bicyclic) bond motifs is 1. The van der Waals surface area contributed by atoms with E-state index < -0.39 is 0 Å². The van der Waals surface area contributed by atoms with Gasteiger partial charge in [0.2, 0.25) is 0 Å². The van der Waals surface area contributed by atoms with Crippen molar-refractivity contribution in [1.29, 1.82) is 0 Å². The summed E-state index contributed by atoms with van der Waals surface area (Å²) in [6.45, 7) is 0.877. The van der Waals surface area contributed by atoms with Gasteiger partial charge in [-0.3, -0.25) is 10.1 Å². The van der Waals surface area contributed by atoms with E-state index in [0.29, 0.717) is 0 Å². The summed E-state index contributed by atoms with van der Waals surface area (Å²) >= 11 is 0. The van der Waals surface area contributed by atoms with Crippen LogP contribution in [0.15, 0.2) is 24.4 Å². The minimum atomic E-state index is -0.363. The fourth-order valence-corrected chi connectivity index (χ4v) is 1.80. The Bertz CT molecular complexity index is 519. The van der Waals surface area contributed by atoms with Crippen molar-refractivity contribution in [2.75, 3.05) is 6.54 Å². The van der Waals surface area contributed by atoms with Gasteiger partial charge < -0.3 is 10.7 Å². The third kappa shape index (κ3) is 1.90. The molecule has 2 aromatic rings. The van der Waals surface area contributed by atoms with Crippen LogP contribution in [0.25, 0.3) is 10.9 Å². The fraction of sp³-hybridized carbons (Fsp3) is 0.273. The van der Waals surface area contributed by atoms with E-state index >= 15 is 0 Å². The molecule has 0 unspecified atom stereocenters. The van der Waals surface area contributed by atoms with Crippen molar-refractivity contribution in [3.8, 4) is 0 Å². The summed E-state index contributed by atoms with van der Waals surface area (Å²) < 4.78 is 0. The standard InChI is InChI=1S/C11H13N3O2/c12-5-1-2-8-7-13-11-4-3-9(14(15)16)6-10(8)11/h3-4,6-7,13H,1-2,5,12H2/p+1. The second-order valence-corrected chi connectivity index (χ2v) is 3.76. The average Bonchev–Trinajstić information content (AvgIpc) is 2.68. The highest BCUT2D eigenvalue weighted by molar-refractivity contribution is 5.85. The van der Waals surface area contributed by atoms with Gasteiger partial charge in [0.15, 0.2) is 0 Å². The first-order valence-electron chi connectivity index (χ1n) is 5.26. The topological polar surface area (TPSA) is 86.6 Å². The minimum Gasteiger partial charge on any atom is -0.361 e. The second-order valence-electron chi connectivity index (χ2n) is 3.76. The molecule has 0 atom stereocenters. The number of H-pyrrole nitrogens is 1. The molecule has 0 bridgehead atoms. The highest BCUT2D eigenvalue weighted by Crippen LogP contribution is 2.24. The molecule has 0 saturated carbocycles. The molecule has 0 amide bonds. The lowest BCUT2D eigenvalue weighted by Gasteiger charge is -1.96. The van der Waals surface area contributed by atoms with Crippen LogP contribution in [0.2, 0.25) is 0 Å². The Labute approximate surface area is 92.4 Å². The molecule has 0 fully saturated rings. The summed E-state index contributed by atoms with van der Waals surface area (Å²) in [6, 6.07) is 4.90. The third-order valence-electron chi connectivity index (χ3n) is 2.66. The molecule has 0 saturated heterocycles. The van der Waals surface area contributed by atoms with Gasteiger partial charge in [0, 0.05) is 35.7 Å². The number of nitro groups is 1. The number of aromatic nitrogens is 1. The van der Waals surface area contributed by atoms with Crippen LogP contribution in [-0.4, -0.2) is 16.5 Å². The molecule has 0 aliphatic heterocycles. The molecule has 84 valence electrons. The number of rotatable bonds is 4. The molecule has 1 aromatic carbocycles. The zero-order valence-electron chi connectivity index (χ0n) is 8.90. The minimum absolute atomic E-state index is 0.142. The monoisotopic (exact) mass is 220 g/mol. The Hall–Kier alpha value is -1.88. The SMILES string of the molecule is [NH3+]CCCc1c[nH]c2ccc([N+](=O)[O-])cc12. The molecule has 0 aliphatic carbocycles. The summed E-state index contributed by atoms with van der Waals surface area (Å²) in [5, 5.41) is 11.6. The van der Waals surface area contributed by atoms with Gasteiger partial charge in [-0.1, -0.05) is 0 Å². The molecule has 0 radical (unpaired) electrons. The Morgan fingerprint density at radius 1 is 1.44 bits per heavy atom. The number of nitrogens with one attached hydrogen (secondary N) is 1. The Balaban J connectivity index is 2.43. The first kappa shape index (κ1) is 10.6. The van der Waals surface area contributed by atoms with Crippen LogP contribution in [0.5, 0.6) is 0 Å². The Kier molecular flexibility index (Phi) is 2.87. The van der Waals surface area contributed by atoms with E-state index in [4.69, 9.17) is 0 Å². The van der Waals surface area contributed by atoms with Crippen LogP contribution >= 0.6 is 0 Å². The number of non-ortho nitro benzene ring substituents is 1. The summed E-state index contributed by atoms with van der Waals surface area (Å²) in [7, 11) is 0. The third-order valence-corrected chi connectivity index (χ3v) is 2.66. The second kappa shape index (κ2) is 4.32. The molecule has 1 heterocycles. The van der Waals surface area contributed by atoms with E-state index in [1.165, 1.54) is 6.07 Å². The van der Waals surface area contributed by atoms with Crippen LogP contribution < -0.4 is 5.73 Å². The maximum atomic E-state index is 10.7. The maximum Gasteiger partial charge on any atom is 0.270 e. The van der Waals surface area contributed by atoms with Crippen LogP contribution in [-0.2, 0) is 6.42 Å².